The van der Waals surface area contributed by atoms with Crippen LogP contribution >= 0.6 is 0 Å². The van der Waals surface area contributed by atoms with Crippen LogP contribution in [0.15, 0.2) is 96.7 Å². The largest absolute Gasteiger partial charge is 0.481 e. The van der Waals surface area contributed by atoms with Crippen molar-refractivity contribution >= 4 is 11.9 Å². The maximum absolute atomic E-state index is 13.0. The van der Waals surface area contributed by atoms with Gasteiger partial charge < -0.3 is 39.0 Å². The third-order valence-electron chi connectivity index (χ3n) is 11.8. The van der Waals surface area contributed by atoms with Crippen molar-refractivity contribution in [2.75, 3.05) is 0 Å². The first-order chi connectivity index (χ1) is 27.5. The number of carbonyl (C=O) groups excluding carboxylic acids is 1. The van der Waals surface area contributed by atoms with Gasteiger partial charge in [0.2, 0.25) is 0 Å². The Balaban J connectivity index is 1.27. The van der Waals surface area contributed by atoms with Crippen molar-refractivity contribution < 1.29 is 48.6 Å². The number of carboxylic acid groups (broad SMARTS) is 1. The maximum Gasteiger partial charge on any atom is 0.331 e. The fourth-order valence-corrected chi connectivity index (χ4v) is 8.40. The quantitative estimate of drug-likeness (QED) is 0.133. The average Bonchev–Trinajstić information content (AvgIpc) is 3.52. The molecule has 10 heteroatoms. The number of fused-ring (bicyclic) bond motifs is 13. The van der Waals surface area contributed by atoms with Crippen LogP contribution in [-0.4, -0.2) is 94.4 Å². The molecule has 6 heterocycles. The molecule has 0 spiro atoms. The highest BCUT2D eigenvalue weighted by Gasteiger charge is 2.45. The lowest BCUT2D eigenvalue weighted by molar-refractivity contribution is -0.148. The number of unbranched alkanes of at least 4 members (excludes halogenated alkanes) is 1. The highest BCUT2D eigenvalue weighted by Crippen LogP contribution is 2.38. The number of aliphatic hydroxyl groups excluding tert-OH is 2. The number of allylic oxidation sites excluding steroid dienone is 7. The number of esters is 1. The van der Waals surface area contributed by atoms with Gasteiger partial charge in [-0.3, -0.25) is 4.79 Å². The van der Waals surface area contributed by atoms with Crippen LogP contribution in [0.25, 0.3) is 0 Å². The average molecular weight is 791 g/mol. The minimum atomic E-state index is -0.777. The van der Waals surface area contributed by atoms with Crippen molar-refractivity contribution in [3.05, 3.63) is 96.7 Å². The molecule has 6 aliphatic rings. The zero-order valence-corrected chi connectivity index (χ0v) is 34.2. The number of ether oxygens (including phenoxy) is 5. The molecule has 57 heavy (non-hydrogen) atoms. The van der Waals surface area contributed by atoms with Crippen molar-refractivity contribution in [1.82, 2.24) is 0 Å². The summed E-state index contributed by atoms with van der Waals surface area (Å²) in [6.07, 6.45) is 33.0. The highest BCUT2D eigenvalue weighted by atomic mass is 16.6. The van der Waals surface area contributed by atoms with E-state index in [0.717, 1.165) is 37.7 Å². The summed E-state index contributed by atoms with van der Waals surface area (Å²) < 4.78 is 31.7. The van der Waals surface area contributed by atoms with E-state index in [-0.39, 0.29) is 66.9 Å². The Morgan fingerprint density at radius 2 is 1.56 bits per heavy atom. The second-order valence-corrected chi connectivity index (χ2v) is 16.5. The van der Waals surface area contributed by atoms with Crippen LogP contribution in [0.3, 0.4) is 0 Å². The molecule has 0 radical (unpaired) electrons. The Morgan fingerprint density at radius 3 is 2.39 bits per heavy atom. The van der Waals surface area contributed by atoms with Gasteiger partial charge in [-0.25, -0.2) is 4.79 Å². The van der Waals surface area contributed by atoms with E-state index in [1.54, 1.807) is 12.2 Å². The number of hydrogen-bond donors (Lipinski definition) is 3. The van der Waals surface area contributed by atoms with Crippen LogP contribution in [0, 0.1) is 17.8 Å². The van der Waals surface area contributed by atoms with E-state index < -0.39 is 36.4 Å². The maximum atomic E-state index is 13.0. The first-order valence-corrected chi connectivity index (χ1v) is 21.2. The Hall–Kier alpha value is -3.38. The number of aliphatic carboxylic acids is 1. The van der Waals surface area contributed by atoms with Crippen LogP contribution in [0.4, 0.5) is 0 Å². The molecule has 14 atom stereocenters. The molecular weight excluding hydrogens is 725 g/mol. The van der Waals surface area contributed by atoms with E-state index >= 15 is 0 Å². The van der Waals surface area contributed by atoms with Gasteiger partial charge in [0.1, 0.15) is 12.2 Å². The first kappa shape index (κ1) is 44.7. The van der Waals surface area contributed by atoms with Gasteiger partial charge in [-0.2, -0.15) is 0 Å². The Kier molecular flexibility index (Phi) is 17.8. The van der Waals surface area contributed by atoms with Crippen molar-refractivity contribution in [3.8, 4) is 0 Å². The molecule has 0 aliphatic carbocycles. The van der Waals surface area contributed by atoms with Crippen LogP contribution in [0.5, 0.6) is 0 Å². The molecule has 0 saturated carbocycles. The summed E-state index contributed by atoms with van der Waals surface area (Å²) in [5, 5.41) is 30.7. The van der Waals surface area contributed by atoms with Crippen LogP contribution < -0.4 is 0 Å². The van der Waals surface area contributed by atoms with Gasteiger partial charge in [-0.1, -0.05) is 106 Å². The Morgan fingerprint density at radius 1 is 0.772 bits per heavy atom. The summed E-state index contributed by atoms with van der Waals surface area (Å²) in [6, 6.07) is 0. The van der Waals surface area contributed by atoms with Crippen molar-refractivity contribution in [1.29, 1.82) is 0 Å². The predicted octanol–water partition coefficient (Wildman–Crippen LogP) is 7.83. The molecular formula is C47H66O10. The monoisotopic (exact) mass is 790 g/mol. The minimum absolute atomic E-state index is 0.0184. The predicted molar refractivity (Wildman–Crippen MR) is 220 cm³/mol. The molecule has 6 aliphatic heterocycles. The number of hydrogen-bond acceptors (Lipinski definition) is 9. The van der Waals surface area contributed by atoms with E-state index in [9.17, 15) is 19.8 Å². The molecule has 0 aromatic heterocycles. The van der Waals surface area contributed by atoms with Crippen LogP contribution in [0.1, 0.15) is 98.3 Å². The van der Waals surface area contributed by atoms with Gasteiger partial charge >= 0.3 is 11.9 Å². The van der Waals surface area contributed by atoms with E-state index in [1.165, 1.54) is 6.08 Å². The third-order valence-corrected chi connectivity index (χ3v) is 11.8. The molecule has 3 N–H and O–H groups in total. The number of carbonyl (C=O) groups is 2. The standard InChI is InChI=1S/C47H66O10/c1-31(17-14-15-23-45(50)51)27-32(2)47-42-26-25-36(54-47)19-11-7-5-6-10-18-35(48)28-37-29-38(49)33(3)39(53-37)21-16-22-40-34(4)43-30-44(55-40)41(56-43)20-12-8-9-13-24-46(52)57-42/h7-13,16,18,20,22,24-27,31,33-44,47-49H,5-6,14-15,17,19,21,23,28-30H2,1-4H3,(H,50,51)/b9-8-,11-7+,18-10+,20-12+,22-16+,24-13-,32-27+/t31-,33-,34+,35+,36+,37+,38+,39-,40+,41-,42+,43-,44-,47+/m1/s1. The summed E-state index contributed by atoms with van der Waals surface area (Å²) in [5.74, 6) is -0.875. The normalized spacial score (nSPS) is 40.9. The second-order valence-electron chi connectivity index (χ2n) is 16.5. The van der Waals surface area contributed by atoms with Crippen LogP contribution in [-0.2, 0) is 33.3 Å². The number of carboxylic acids is 1. The summed E-state index contributed by atoms with van der Waals surface area (Å²) >= 11 is 0. The van der Waals surface area contributed by atoms with Gasteiger partial charge in [-0.05, 0) is 69.4 Å². The van der Waals surface area contributed by atoms with Gasteiger partial charge in [-0.15, -0.1) is 0 Å². The van der Waals surface area contributed by atoms with E-state index in [2.05, 4.69) is 44.2 Å². The van der Waals surface area contributed by atoms with Crippen molar-refractivity contribution in [2.45, 2.75) is 165 Å². The fraction of sp³-hybridized carbons (Fsp3) is 0.617. The lowest BCUT2D eigenvalue weighted by atomic mass is 9.86. The van der Waals surface area contributed by atoms with Gasteiger partial charge in [0.05, 0.1) is 48.8 Å². The van der Waals surface area contributed by atoms with Crippen molar-refractivity contribution in [2.24, 2.45) is 17.8 Å². The SMILES string of the molecule is C/C(=C\[C@H](C)CCCCC(=O)O)[C@@H]1O[C@@H]2C=C[C@@H]1OC(=O)\C=C/C=C\C=C\[C@H]1O[C@@H]3C[C@H]1O[C@@H](/C=C/C[C@H]1O[C@@H](C[C@@H](O)/C=C/CC/C=C/C2)C[C@H](O)[C@H]1C)[C@@H]3C. The molecule has 0 unspecified atom stereocenters. The number of rotatable bonds is 7. The van der Waals surface area contributed by atoms with Crippen molar-refractivity contribution in [3.63, 3.8) is 0 Å². The second kappa shape index (κ2) is 22.7. The molecule has 6 rings (SSSR count). The molecule has 3 fully saturated rings. The molecule has 314 valence electrons. The molecule has 0 amide bonds. The molecule has 0 aromatic carbocycles. The van der Waals surface area contributed by atoms with E-state index in [0.29, 0.717) is 32.1 Å². The lowest BCUT2D eigenvalue weighted by Gasteiger charge is -2.38. The lowest BCUT2D eigenvalue weighted by Crippen LogP contribution is -2.43. The number of aliphatic hydroxyl groups is 2. The summed E-state index contributed by atoms with van der Waals surface area (Å²) in [6.45, 7) is 8.29. The fourth-order valence-electron chi connectivity index (χ4n) is 8.40. The Bertz CT molecular complexity index is 1540. The van der Waals surface area contributed by atoms with Gasteiger partial charge in [0, 0.05) is 37.2 Å². The molecule has 0 aromatic rings. The first-order valence-electron chi connectivity index (χ1n) is 21.2. The minimum Gasteiger partial charge on any atom is -0.481 e. The molecule has 3 saturated heterocycles. The smallest absolute Gasteiger partial charge is 0.331 e. The zero-order valence-electron chi connectivity index (χ0n) is 34.2. The molecule has 10 nitrogen and oxygen atoms in total. The molecule has 7 bridgehead atoms. The summed E-state index contributed by atoms with van der Waals surface area (Å²) in [4.78, 5) is 23.9. The third kappa shape index (κ3) is 14.1. The zero-order chi connectivity index (χ0) is 40.7. The summed E-state index contributed by atoms with van der Waals surface area (Å²) in [7, 11) is 0. The van der Waals surface area contributed by atoms with Gasteiger partial charge in [0.25, 0.3) is 0 Å². The summed E-state index contributed by atoms with van der Waals surface area (Å²) in [5.41, 5.74) is 0.966. The highest BCUT2D eigenvalue weighted by molar-refractivity contribution is 5.82. The van der Waals surface area contributed by atoms with Gasteiger partial charge in [0.15, 0.2) is 6.10 Å². The topological polar surface area (TPSA) is 141 Å². The van der Waals surface area contributed by atoms with E-state index in [4.69, 9.17) is 28.8 Å². The van der Waals surface area contributed by atoms with E-state index in [1.807, 2.05) is 56.4 Å². The Labute approximate surface area is 339 Å². The van der Waals surface area contributed by atoms with Crippen LogP contribution in [0.2, 0.25) is 0 Å².